The maximum atomic E-state index is 11.8. The quantitative estimate of drug-likeness (QED) is 0.627. The third-order valence-corrected chi connectivity index (χ3v) is 5.35. The fraction of sp³-hybridized carbons (Fsp3) is 0.318. The monoisotopic (exact) mass is 426 g/mol. The number of anilines is 1. The number of ether oxygens (including phenoxy) is 1. The van der Waals surface area contributed by atoms with E-state index >= 15 is 0 Å². The molecule has 0 aliphatic carbocycles. The van der Waals surface area contributed by atoms with Crippen LogP contribution in [0.3, 0.4) is 0 Å². The number of nitrogens with zero attached hydrogens (tertiary/aromatic N) is 4. The van der Waals surface area contributed by atoms with E-state index < -0.39 is 0 Å². The molecule has 2 aromatic carbocycles. The van der Waals surface area contributed by atoms with Gasteiger partial charge in [-0.1, -0.05) is 23.7 Å². The maximum Gasteiger partial charge on any atom is 0.320 e. The summed E-state index contributed by atoms with van der Waals surface area (Å²) in [5.74, 6) is 1.18. The van der Waals surface area contributed by atoms with Crippen molar-refractivity contribution in [2.75, 3.05) is 44.2 Å². The molecule has 1 saturated heterocycles. The van der Waals surface area contributed by atoms with Gasteiger partial charge in [-0.2, -0.15) is 0 Å². The number of esters is 1. The van der Waals surface area contributed by atoms with E-state index in [0.717, 1.165) is 29.8 Å². The molecule has 3 aromatic rings. The first-order valence-electron chi connectivity index (χ1n) is 9.93. The van der Waals surface area contributed by atoms with Crippen LogP contribution in [0.5, 0.6) is 5.75 Å². The van der Waals surface area contributed by atoms with Gasteiger partial charge < -0.3 is 14.7 Å². The van der Waals surface area contributed by atoms with Crippen LogP contribution in [0.25, 0.3) is 22.3 Å². The van der Waals surface area contributed by atoms with E-state index in [1.54, 1.807) is 18.2 Å². The Hall–Kier alpha value is -2.90. The van der Waals surface area contributed by atoms with Gasteiger partial charge in [0.1, 0.15) is 11.6 Å². The highest BCUT2D eigenvalue weighted by Gasteiger charge is 2.23. The molecule has 1 aromatic heterocycles. The number of aromatic nitrogens is 2. The second kappa shape index (κ2) is 8.85. The van der Waals surface area contributed by atoms with Gasteiger partial charge >= 0.3 is 5.97 Å². The normalized spacial score (nSPS) is 14.8. The zero-order chi connectivity index (χ0) is 21.1. The number of hydrogen-bond acceptors (Lipinski definition) is 7. The molecule has 2 heterocycles. The average Bonchev–Trinajstić information content (AvgIpc) is 2.74. The van der Waals surface area contributed by atoms with Crippen LogP contribution < -0.4 is 4.90 Å². The summed E-state index contributed by atoms with van der Waals surface area (Å²) in [6.45, 7) is 5.38. The molecule has 0 radical (unpaired) electrons. The molecule has 1 aliphatic rings. The lowest BCUT2D eigenvalue weighted by molar-refractivity contribution is -0.144. The summed E-state index contributed by atoms with van der Waals surface area (Å²) in [6, 6.07) is 12.6. The number of benzene rings is 2. The molecule has 0 bridgehead atoms. The predicted molar refractivity (Wildman–Crippen MR) is 117 cm³/mol. The highest BCUT2D eigenvalue weighted by molar-refractivity contribution is 6.31. The SMILES string of the molecule is CCOC(=O)CN1CCN(c2nc(-c3ccccc3O)nc3cc(Cl)ccc23)CC1. The van der Waals surface area contributed by atoms with Crippen molar-refractivity contribution in [2.45, 2.75) is 6.92 Å². The lowest BCUT2D eigenvalue weighted by Crippen LogP contribution is -2.48. The van der Waals surface area contributed by atoms with E-state index in [-0.39, 0.29) is 11.7 Å². The fourth-order valence-electron chi connectivity index (χ4n) is 3.62. The lowest BCUT2D eigenvalue weighted by Gasteiger charge is -2.35. The number of hydrogen-bond donors (Lipinski definition) is 1. The summed E-state index contributed by atoms with van der Waals surface area (Å²) in [7, 11) is 0. The second-order valence-electron chi connectivity index (χ2n) is 7.12. The molecule has 0 atom stereocenters. The van der Waals surface area contributed by atoms with Gasteiger partial charge in [-0.05, 0) is 37.3 Å². The topological polar surface area (TPSA) is 78.8 Å². The first-order valence-corrected chi connectivity index (χ1v) is 10.3. The molecule has 4 rings (SSSR count). The zero-order valence-corrected chi connectivity index (χ0v) is 17.5. The number of para-hydroxylation sites is 1. The van der Waals surface area contributed by atoms with Crippen molar-refractivity contribution in [3.8, 4) is 17.1 Å². The van der Waals surface area contributed by atoms with Gasteiger partial charge in [0, 0.05) is 36.6 Å². The van der Waals surface area contributed by atoms with Crippen LogP contribution in [-0.4, -0.2) is 65.3 Å². The van der Waals surface area contributed by atoms with E-state index in [0.29, 0.717) is 42.7 Å². The van der Waals surface area contributed by atoms with Crippen molar-refractivity contribution in [1.82, 2.24) is 14.9 Å². The van der Waals surface area contributed by atoms with Gasteiger partial charge in [-0.15, -0.1) is 0 Å². The highest BCUT2D eigenvalue weighted by Crippen LogP contribution is 2.32. The molecule has 0 unspecified atom stereocenters. The minimum Gasteiger partial charge on any atom is -0.507 e. The summed E-state index contributed by atoms with van der Waals surface area (Å²) in [5.41, 5.74) is 1.29. The van der Waals surface area contributed by atoms with Crippen LogP contribution in [0.4, 0.5) is 5.82 Å². The number of carbonyl (C=O) groups is 1. The largest absolute Gasteiger partial charge is 0.507 e. The molecule has 1 N–H and O–H groups in total. The third-order valence-electron chi connectivity index (χ3n) is 5.11. The van der Waals surface area contributed by atoms with Gasteiger partial charge in [0.2, 0.25) is 0 Å². The molecule has 30 heavy (non-hydrogen) atoms. The van der Waals surface area contributed by atoms with Crippen molar-refractivity contribution < 1.29 is 14.6 Å². The van der Waals surface area contributed by atoms with Gasteiger partial charge in [-0.3, -0.25) is 9.69 Å². The Balaban J connectivity index is 1.65. The maximum absolute atomic E-state index is 11.8. The van der Waals surface area contributed by atoms with Crippen LogP contribution in [0, 0.1) is 0 Å². The smallest absolute Gasteiger partial charge is 0.320 e. The molecule has 0 amide bonds. The van der Waals surface area contributed by atoms with Crippen molar-refractivity contribution in [3.63, 3.8) is 0 Å². The van der Waals surface area contributed by atoms with Crippen LogP contribution in [0.1, 0.15) is 6.92 Å². The lowest BCUT2D eigenvalue weighted by atomic mass is 10.1. The van der Waals surface area contributed by atoms with Crippen LogP contribution in [-0.2, 0) is 9.53 Å². The minimum atomic E-state index is -0.199. The first-order chi connectivity index (χ1) is 14.5. The summed E-state index contributed by atoms with van der Waals surface area (Å²) in [5, 5.41) is 11.8. The standard InChI is InChI=1S/C22H23ClN4O3/c1-2-30-20(29)14-26-9-11-27(12-10-26)22-16-8-7-15(23)13-18(16)24-21(25-22)17-5-3-4-6-19(17)28/h3-8,13,28H,2,9-12,14H2,1H3. The van der Waals surface area contributed by atoms with E-state index in [1.807, 2.05) is 31.2 Å². The molecule has 1 fully saturated rings. The Morgan fingerprint density at radius 2 is 1.90 bits per heavy atom. The third kappa shape index (κ3) is 4.32. The Bertz CT molecular complexity index is 1070. The second-order valence-corrected chi connectivity index (χ2v) is 7.55. The average molecular weight is 427 g/mol. The molecule has 156 valence electrons. The predicted octanol–water partition coefficient (Wildman–Crippen LogP) is 3.34. The summed E-state index contributed by atoms with van der Waals surface area (Å²) < 4.78 is 5.05. The van der Waals surface area contributed by atoms with E-state index in [2.05, 4.69) is 14.8 Å². The number of carbonyl (C=O) groups excluding carboxylic acids is 1. The van der Waals surface area contributed by atoms with Crippen molar-refractivity contribution in [2.24, 2.45) is 0 Å². The Labute approximate surface area is 179 Å². The molecule has 0 spiro atoms. The van der Waals surface area contributed by atoms with E-state index in [1.165, 1.54) is 0 Å². The molecule has 7 nitrogen and oxygen atoms in total. The zero-order valence-electron chi connectivity index (χ0n) is 16.7. The molecular weight excluding hydrogens is 404 g/mol. The van der Waals surface area contributed by atoms with Gasteiger partial charge in [0.25, 0.3) is 0 Å². The summed E-state index contributed by atoms with van der Waals surface area (Å²) in [6.07, 6.45) is 0. The van der Waals surface area contributed by atoms with E-state index in [4.69, 9.17) is 21.3 Å². The van der Waals surface area contributed by atoms with Gasteiger partial charge in [0.05, 0.1) is 24.2 Å². The summed E-state index contributed by atoms with van der Waals surface area (Å²) >= 11 is 6.21. The minimum absolute atomic E-state index is 0.129. The molecule has 8 heteroatoms. The van der Waals surface area contributed by atoms with Gasteiger partial charge in [0.15, 0.2) is 5.82 Å². The molecule has 1 aliphatic heterocycles. The first kappa shape index (κ1) is 20.4. The fourth-order valence-corrected chi connectivity index (χ4v) is 3.78. The number of fused-ring (bicyclic) bond motifs is 1. The Kier molecular flexibility index (Phi) is 6.01. The number of halogens is 1. The Morgan fingerprint density at radius 3 is 2.63 bits per heavy atom. The molecule has 0 saturated carbocycles. The highest BCUT2D eigenvalue weighted by atomic mass is 35.5. The van der Waals surface area contributed by atoms with Crippen LogP contribution >= 0.6 is 11.6 Å². The molecular formula is C22H23ClN4O3. The summed E-state index contributed by atoms with van der Waals surface area (Å²) in [4.78, 5) is 25.5. The van der Waals surface area contributed by atoms with Crippen molar-refractivity contribution in [1.29, 1.82) is 0 Å². The van der Waals surface area contributed by atoms with E-state index in [9.17, 15) is 9.90 Å². The van der Waals surface area contributed by atoms with Crippen LogP contribution in [0.15, 0.2) is 42.5 Å². The number of phenols is 1. The van der Waals surface area contributed by atoms with Crippen molar-refractivity contribution >= 4 is 34.3 Å². The number of piperazine rings is 1. The number of aromatic hydroxyl groups is 1. The van der Waals surface area contributed by atoms with Crippen LogP contribution in [0.2, 0.25) is 5.02 Å². The van der Waals surface area contributed by atoms with Crippen molar-refractivity contribution in [3.05, 3.63) is 47.5 Å². The Morgan fingerprint density at radius 1 is 1.13 bits per heavy atom. The number of rotatable bonds is 5. The van der Waals surface area contributed by atoms with Gasteiger partial charge in [-0.25, -0.2) is 9.97 Å². The number of phenolic OH excluding ortho intramolecular Hbond substituents is 1.